The quantitative estimate of drug-likeness (QED) is 0.348. The van der Waals surface area contributed by atoms with Crippen LogP contribution < -0.4 is 4.74 Å². The third-order valence-electron chi connectivity index (χ3n) is 5.29. The number of hydrogen-bond acceptors (Lipinski definition) is 5. The summed E-state index contributed by atoms with van der Waals surface area (Å²) in [6, 6.07) is 11.1. The fraction of sp³-hybridized carbons (Fsp3) is 0.304. The third kappa shape index (κ3) is 4.78. The van der Waals surface area contributed by atoms with Gasteiger partial charge in [-0.15, -0.1) is 11.3 Å². The summed E-state index contributed by atoms with van der Waals surface area (Å²) in [7, 11) is 0. The lowest BCUT2D eigenvalue weighted by Crippen LogP contribution is -2.53. The minimum atomic E-state index is -6.20. The lowest BCUT2D eigenvalue weighted by molar-refractivity contribution is -0.390. The molecule has 3 aromatic rings. The van der Waals surface area contributed by atoms with E-state index in [1.54, 1.807) is 30.3 Å². The van der Waals surface area contributed by atoms with Crippen LogP contribution in [-0.4, -0.2) is 27.4 Å². The molecule has 34 heavy (non-hydrogen) atoms. The summed E-state index contributed by atoms with van der Waals surface area (Å²) in [5, 5.41) is 27.6. The van der Waals surface area contributed by atoms with Crippen LogP contribution in [0, 0.1) is 6.92 Å². The zero-order valence-electron chi connectivity index (χ0n) is 17.7. The zero-order valence-corrected chi connectivity index (χ0v) is 18.5. The molecular weight excluding hydrogens is 486 g/mol. The molecule has 0 saturated heterocycles. The van der Waals surface area contributed by atoms with Crippen LogP contribution >= 0.6 is 11.3 Å². The van der Waals surface area contributed by atoms with Gasteiger partial charge in [0.15, 0.2) is 0 Å². The molecule has 0 spiro atoms. The highest BCUT2D eigenvalue weighted by Gasteiger charge is 2.71. The fourth-order valence-corrected chi connectivity index (χ4v) is 4.35. The number of ether oxygens (including phenoxy) is 1. The Kier molecular flexibility index (Phi) is 7.32. The van der Waals surface area contributed by atoms with E-state index in [0.717, 1.165) is 24.3 Å². The molecule has 0 bridgehead atoms. The van der Waals surface area contributed by atoms with E-state index in [-0.39, 0.29) is 30.9 Å². The van der Waals surface area contributed by atoms with Crippen molar-refractivity contribution < 1.29 is 46.4 Å². The van der Waals surface area contributed by atoms with E-state index in [4.69, 9.17) is 9.84 Å². The van der Waals surface area contributed by atoms with E-state index in [2.05, 4.69) is 0 Å². The van der Waals surface area contributed by atoms with E-state index in [0.29, 0.717) is 32.7 Å². The first-order chi connectivity index (χ1) is 15.8. The summed E-state index contributed by atoms with van der Waals surface area (Å²) in [5.41, 5.74) is -0.396. The van der Waals surface area contributed by atoms with E-state index in [9.17, 15) is 36.6 Å². The highest BCUT2D eigenvalue weighted by molar-refractivity contribution is 7.15. The second-order valence-corrected chi connectivity index (χ2v) is 8.64. The Labute approximate surface area is 194 Å². The molecule has 11 heteroatoms. The first kappa shape index (κ1) is 26.0. The Balaban J connectivity index is 1.85. The summed E-state index contributed by atoms with van der Waals surface area (Å²) in [5.74, 6) is -10.6. The Bertz CT molecular complexity index is 1160. The molecule has 0 fully saturated rings. The lowest BCUT2D eigenvalue weighted by atomic mass is 9.92. The highest BCUT2D eigenvalue weighted by Crippen LogP contribution is 2.50. The van der Waals surface area contributed by atoms with Crippen molar-refractivity contribution in [2.45, 2.75) is 44.7 Å². The van der Waals surface area contributed by atoms with Gasteiger partial charge in [-0.05, 0) is 53.4 Å². The molecule has 3 rings (SSSR count). The van der Waals surface area contributed by atoms with Gasteiger partial charge in [-0.3, -0.25) is 0 Å². The number of aliphatic hydroxyl groups excluding tert-OH is 2. The molecule has 1 aromatic heterocycles. The summed E-state index contributed by atoms with van der Waals surface area (Å²) in [4.78, 5) is 1.08. The second kappa shape index (κ2) is 9.57. The summed E-state index contributed by atoms with van der Waals surface area (Å²) < 4.78 is 86.5. The molecule has 0 aliphatic carbocycles. The molecule has 0 aliphatic rings. The van der Waals surface area contributed by atoms with Gasteiger partial charge in [-0.25, -0.2) is 0 Å². The Morgan fingerprint density at radius 2 is 1.56 bits per heavy atom. The van der Waals surface area contributed by atoms with Crippen molar-refractivity contribution in [3.8, 4) is 16.2 Å². The van der Waals surface area contributed by atoms with Gasteiger partial charge in [0.2, 0.25) is 0 Å². The molecule has 0 saturated carbocycles. The first-order valence-corrected chi connectivity index (χ1v) is 10.7. The number of alkyl halides is 6. The molecule has 0 radical (unpaired) electrons. The number of aliphatic hydroxyl groups is 3. The molecule has 1 atom stereocenters. The normalized spacial score (nSPS) is 14.2. The Morgan fingerprint density at radius 3 is 2.18 bits per heavy atom. The van der Waals surface area contributed by atoms with Gasteiger partial charge in [0, 0.05) is 15.3 Å². The summed E-state index contributed by atoms with van der Waals surface area (Å²) in [6.07, 6.45) is -6.20. The number of halogens is 6. The van der Waals surface area contributed by atoms with Crippen molar-refractivity contribution in [3.05, 3.63) is 75.7 Å². The molecule has 1 heterocycles. The standard InChI is InChI=1S/C23H20F6O4S/c1-13-18(3-2-4-19(13)21(24,25)22(26,32)23(27,28)29)20-8-7-17(34-20)12-33-16-6-5-14(10-30)15(9-16)11-31/h2-9,30-32H,10-12H2,1H3. The maximum absolute atomic E-state index is 14.4. The molecule has 0 aliphatic heterocycles. The molecule has 2 aromatic carbocycles. The molecule has 1 unspecified atom stereocenters. The van der Waals surface area contributed by atoms with Crippen molar-refractivity contribution in [1.82, 2.24) is 0 Å². The van der Waals surface area contributed by atoms with Gasteiger partial charge >= 0.3 is 18.0 Å². The smallest absolute Gasteiger partial charge is 0.455 e. The van der Waals surface area contributed by atoms with E-state index in [1.807, 2.05) is 0 Å². The van der Waals surface area contributed by atoms with Crippen LogP contribution in [0.1, 0.15) is 27.1 Å². The molecule has 4 nitrogen and oxygen atoms in total. The van der Waals surface area contributed by atoms with Crippen LogP contribution in [0.5, 0.6) is 5.75 Å². The summed E-state index contributed by atoms with van der Waals surface area (Å²) in [6.45, 7) is 0.658. The van der Waals surface area contributed by atoms with E-state index >= 15 is 0 Å². The maximum Gasteiger partial charge on any atom is 0.455 e. The van der Waals surface area contributed by atoms with Crippen molar-refractivity contribution in [1.29, 1.82) is 0 Å². The Morgan fingerprint density at radius 1 is 0.882 bits per heavy atom. The first-order valence-electron chi connectivity index (χ1n) is 9.84. The van der Waals surface area contributed by atoms with Gasteiger partial charge in [0.25, 0.3) is 0 Å². The topological polar surface area (TPSA) is 69.9 Å². The zero-order chi connectivity index (χ0) is 25.3. The van der Waals surface area contributed by atoms with Crippen LogP contribution in [0.15, 0.2) is 48.5 Å². The van der Waals surface area contributed by atoms with Crippen molar-refractivity contribution in [2.24, 2.45) is 0 Å². The van der Waals surface area contributed by atoms with Crippen LogP contribution in [0.4, 0.5) is 26.3 Å². The highest BCUT2D eigenvalue weighted by atomic mass is 32.1. The predicted molar refractivity (Wildman–Crippen MR) is 113 cm³/mol. The maximum atomic E-state index is 14.4. The molecule has 0 amide bonds. The average Bonchev–Trinajstić information content (AvgIpc) is 3.25. The molecule has 3 N–H and O–H groups in total. The largest absolute Gasteiger partial charge is 0.488 e. The lowest BCUT2D eigenvalue weighted by Gasteiger charge is -2.31. The van der Waals surface area contributed by atoms with Gasteiger partial charge < -0.3 is 20.1 Å². The number of rotatable bonds is 8. The van der Waals surface area contributed by atoms with Gasteiger partial charge in [-0.2, -0.15) is 26.3 Å². The number of hydrogen-bond donors (Lipinski definition) is 3. The SMILES string of the molecule is Cc1c(-c2ccc(COc3ccc(CO)c(CO)c3)s2)cccc1C(F)(F)C(O)(F)C(F)(F)F. The molecule has 184 valence electrons. The number of thiophene rings is 1. The summed E-state index contributed by atoms with van der Waals surface area (Å²) >= 11 is 1.13. The third-order valence-corrected chi connectivity index (χ3v) is 6.38. The van der Waals surface area contributed by atoms with Crippen molar-refractivity contribution in [3.63, 3.8) is 0 Å². The van der Waals surface area contributed by atoms with Crippen molar-refractivity contribution in [2.75, 3.05) is 0 Å². The van der Waals surface area contributed by atoms with Crippen LogP contribution in [-0.2, 0) is 25.7 Å². The minimum Gasteiger partial charge on any atom is -0.488 e. The molecular formula is C23H20F6O4S. The van der Waals surface area contributed by atoms with Gasteiger partial charge in [0.05, 0.1) is 13.2 Å². The van der Waals surface area contributed by atoms with E-state index in [1.165, 1.54) is 6.07 Å². The van der Waals surface area contributed by atoms with Crippen LogP contribution in [0.3, 0.4) is 0 Å². The van der Waals surface area contributed by atoms with Crippen LogP contribution in [0.2, 0.25) is 0 Å². The average molecular weight is 506 g/mol. The monoisotopic (exact) mass is 506 g/mol. The minimum absolute atomic E-state index is 0.0706. The van der Waals surface area contributed by atoms with Gasteiger partial charge in [0.1, 0.15) is 12.4 Å². The Hall–Kier alpha value is -2.60. The van der Waals surface area contributed by atoms with E-state index < -0.39 is 23.5 Å². The number of benzene rings is 2. The van der Waals surface area contributed by atoms with Gasteiger partial charge in [-0.1, -0.05) is 24.3 Å². The van der Waals surface area contributed by atoms with Crippen LogP contribution in [0.25, 0.3) is 10.4 Å². The second-order valence-electron chi connectivity index (χ2n) is 7.47. The predicted octanol–water partition coefficient (Wildman–Crippen LogP) is 5.60. The fourth-order valence-electron chi connectivity index (χ4n) is 3.35. The van der Waals surface area contributed by atoms with Crippen molar-refractivity contribution >= 4 is 11.3 Å².